The Morgan fingerprint density at radius 2 is 2.05 bits per heavy atom. The first-order valence-corrected chi connectivity index (χ1v) is 7.20. The molecule has 1 aromatic rings. The molecule has 116 valence electrons. The average Bonchev–Trinajstić information content (AvgIpc) is 2.75. The zero-order valence-corrected chi connectivity index (χ0v) is 11.5. The molecule has 2 aliphatic rings. The summed E-state index contributed by atoms with van der Waals surface area (Å²) in [5.41, 5.74) is 0. The van der Waals surface area contributed by atoms with Gasteiger partial charge in [0.2, 0.25) is 5.91 Å². The molecule has 0 aromatic carbocycles. The number of aryl methyl sites for hydroxylation is 1. The van der Waals surface area contributed by atoms with E-state index in [-0.39, 0.29) is 37.8 Å². The van der Waals surface area contributed by atoms with Gasteiger partial charge >= 0.3 is 6.18 Å². The Hall–Kier alpha value is -1.60. The first-order valence-electron chi connectivity index (χ1n) is 7.20. The first-order chi connectivity index (χ1) is 9.95. The van der Waals surface area contributed by atoms with Crippen LogP contribution in [0.15, 0.2) is 0 Å². The molecule has 21 heavy (non-hydrogen) atoms. The molecule has 1 N–H and O–H groups in total. The third-order valence-electron chi connectivity index (χ3n) is 4.38. The Morgan fingerprint density at radius 1 is 1.29 bits per heavy atom. The normalized spacial score (nSPS) is 22.5. The largest absolute Gasteiger partial charge is 0.393 e. The lowest BCUT2D eigenvalue weighted by atomic mass is 9.85. The predicted octanol–water partition coefficient (Wildman–Crippen LogP) is 1.82. The maximum absolute atomic E-state index is 12.8. The van der Waals surface area contributed by atoms with E-state index >= 15 is 0 Å². The number of alkyl halides is 3. The van der Waals surface area contributed by atoms with Crippen molar-refractivity contribution in [3.05, 3.63) is 11.6 Å². The van der Waals surface area contributed by atoms with Gasteiger partial charge in [-0.1, -0.05) is 6.42 Å². The summed E-state index contributed by atoms with van der Waals surface area (Å²) < 4.78 is 40.0. The van der Waals surface area contributed by atoms with Crippen LogP contribution in [0, 0.1) is 11.8 Å². The van der Waals surface area contributed by atoms with Crippen LogP contribution in [-0.4, -0.2) is 26.8 Å². The van der Waals surface area contributed by atoms with Crippen LogP contribution in [0.2, 0.25) is 0 Å². The van der Waals surface area contributed by atoms with Crippen LogP contribution in [0.1, 0.15) is 37.3 Å². The fourth-order valence-electron chi connectivity index (χ4n) is 2.76. The number of nitrogens with one attached hydrogen (secondary N) is 1. The van der Waals surface area contributed by atoms with Gasteiger partial charge in [0.1, 0.15) is 5.82 Å². The molecule has 0 saturated heterocycles. The molecule has 0 radical (unpaired) electrons. The Bertz CT molecular complexity index is 536. The zero-order valence-electron chi connectivity index (χ0n) is 11.5. The smallest absolute Gasteiger partial charge is 0.349 e. The highest BCUT2D eigenvalue weighted by molar-refractivity contribution is 5.79. The molecule has 1 saturated carbocycles. The van der Waals surface area contributed by atoms with E-state index in [1.54, 1.807) is 0 Å². The van der Waals surface area contributed by atoms with Crippen molar-refractivity contribution < 1.29 is 18.0 Å². The molecule has 0 spiro atoms. The average molecular weight is 302 g/mol. The van der Waals surface area contributed by atoms with Gasteiger partial charge in [0.25, 0.3) is 0 Å². The number of aromatic nitrogens is 3. The summed E-state index contributed by atoms with van der Waals surface area (Å²) in [6.07, 6.45) is -1.04. The molecule has 1 fully saturated rings. The van der Waals surface area contributed by atoms with Gasteiger partial charge in [0.15, 0.2) is 5.82 Å². The van der Waals surface area contributed by atoms with Gasteiger partial charge in [-0.3, -0.25) is 4.79 Å². The van der Waals surface area contributed by atoms with Crippen molar-refractivity contribution in [2.45, 2.75) is 51.4 Å². The van der Waals surface area contributed by atoms with Crippen LogP contribution in [-0.2, 0) is 24.3 Å². The fourth-order valence-corrected chi connectivity index (χ4v) is 2.76. The molecule has 0 unspecified atom stereocenters. The Labute approximate surface area is 119 Å². The molecule has 1 aliphatic carbocycles. The summed E-state index contributed by atoms with van der Waals surface area (Å²) in [7, 11) is 0. The first kappa shape index (κ1) is 14.3. The molecule has 0 bridgehead atoms. The Balaban J connectivity index is 1.65. The number of hydrogen-bond acceptors (Lipinski definition) is 3. The quantitative estimate of drug-likeness (QED) is 0.926. The molecule has 1 aliphatic heterocycles. The van der Waals surface area contributed by atoms with Gasteiger partial charge in [-0.25, -0.2) is 0 Å². The molecular weight excluding hydrogens is 285 g/mol. The van der Waals surface area contributed by atoms with Gasteiger partial charge in [0.05, 0.1) is 12.5 Å². The molecule has 3 rings (SSSR count). The molecule has 8 heteroatoms. The van der Waals surface area contributed by atoms with E-state index in [0.717, 1.165) is 19.3 Å². The van der Waals surface area contributed by atoms with Crippen LogP contribution in [0.5, 0.6) is 0 Å². The lowest BCUT2D eigenvalue weighted by Crippen LogP contribution is -2.36. The molecular formula is C13H17F3N4O. The number of carbonyl (C=O) groups is 1. The number of rotatable bonds is 3. The fraction of sp³-hybridized carbons (Fsp3) is 0.769. The number of halogens is 3. The summed E-state index contributed by atoms with van der Waals surface area (Å²) in [6.45, 7) is -0.00657. The van der Waals surface area contributed by atoms with Crippen molar-refractivity contribution in [1.82, 2.24) is 20.1 Å². The van der Waals surface area contributed by atoms with Gasteiger partial charge in [-0.15, -0.1) is 10.2 Å². The number of fused-ring (bicyclic) bond motifs is 1. The van der Waals surface area contributed by atoms with E-state index in [4.69, 9.17) is 0 Å². The minimum Gasteiger partial charge on any atom is -0.349 e. The number of nitrogens with zero attached hydrogens (tertiary/aromatic N) is 3. The van der Waals surface area contributed by atoms with Crippen LogP contribution in [0.25, 0.3) is 0 Å². The second-order valence-corrected chi connectivity index (χ2v) is 5.77. The number of carbonyl (C=O) groups excluding carboxylic acids is 1. The van der Waals surface area contributed by atoms with Crippen molar-refractivity contribution in [1.29, 1.82) is 0 Å². The van der Waals surface area contributed by atoms with E-state index in [1.165, 1.54) is 4.57 Å². The maximum atomic E-state index is 12.8. The molecule has 1 aromatic heterocycles. The van der Waals surface area contributed by atoms with E-state index in [2.05, 4.69) is 15.5 Å². The Morgan fingerprint density at radius 3 is 2.67 bits per heavy atom. The number of amides is 1. The van der Waals surface area contributed by atoms with Crippen LogP contribution >= 0.6 is 0 Å². The van der Waals surface area contributed by atoms with Crippen molar-refractivity contribution in [2.75, 3.05) is 0 Å². The summed E-state index contributed by atoms with van der Waals surface area (Å²) in [5, 5.41) is 10.6. The lowest BCUT2D eigenvalue weighted by molar-refractivity contribution is -0.182. The van der Waals surface area contributed by atoms with Crippen molar-refractivity contribution in [3.63, 3.8) is 0 Å². The topological polar surface area (TPSA) is 59.8 Å². The monoisotopic (exact) mass is 302 g/mol. The third kappa shape index (κ3) is 2.89. The van der Waals surface area contributed by atoms with Crippen LogP contribution < -0.4 is 5.32 Å². The third-order valence-corrected chi connectivity index (χ3v) is 4.38. The summed E-state index contributed by atoms with van der Waals surface area (Å²) >= 11 is 0. The van der Waals surface area contributed by atoms with Gasteiger partial charge in [-0.2, -0.15) is 13.2 Å². The molecule has 2 heterocycles. The highest BCUT2D eigenvalue weighted by atomic mass is 19.4. The maximum Gasteiger partial charge on any atom is 0.393 e. The zero-order chi connectivity index (χ0) is 15.0. The highest BCUT2D eigenvalue weighted by Crippen LogP contribution is 2.34. The summed E-state index contributed by atoms with van der Waals surface area (Å²) in [5.74, 6) is -0.365. The number of hydrogen-bond donors (Lipinski definition) is 1. The van der Waals surface area contributed by atoms with E-state index in [1.807, 2.05) is 0 Å². The summed E-state index contributed by atoms with van der Waals surface area (Å²) in [6, 6.07) is 0. The predicted molar refractivity (Wildman–Crippen MR) is 67.1 cm³/mol. The van der Waals surface area contributed by atoms with E-state index in [0.29, 0.717) is 11.6 Å². The van der Waals surface area contributed by atoms with Crippen molar-refractivity contribution >= 4 is 5.91 Å². The minimum absolute atomic E-state index is 0.0400. The molecule has 5 nitrogen and oxygen atoms in total. The standard InChI is InChI=1S/C13H17F3N4O/c14-13(15,16)9-4-5-10-18-19-11(20(10)7-9)6-17-12(21)8-2-1-3-8/h8-9H,1-7H2,(H,17,21)/t9-/m0/s1. The molecule has 1 atom stereocenters. The van der Waals surface area contributed by atoms with Gasteiger partial charge in [-0.05, 0) is 19.3 Å². The van der Waals surface area contributed by atoms with Crippen LogP contribution in [0.4, 0.5) is 13.2 Å². The van der Waals surface area contributed by atoms with Crippen LogP contribution in [0.3, 0.4) is 0 Å². The second-order valence-electron chi connectivity index (χ2n) is 5.77. The lowest BCUT2D eigenvalue weighted by Gasteiger charge is -2.27. The van der Waals surface area contributed by atoms with E-state index in [9.17, 15) is 18.0 Å². The van der Waals surface area contributed by atoms with Crippen molar-refractivity contribution in [2.24, 2.45) is 11.8 Å². The van der Waals surface area contributed by atoms with Gasteiger partial charge in [0, 0.05) is 18.9 Å². The summed E-state index contributed by atoms with van der Waals surface area (Å²) in [4.78, 5) is 11.8. The SMILES string of the molecule is O=C(NCc1nnc2n1C[C@@H](C(F)(F)F)CC2)C1CCC1. The Kier molecular flexibility index (Phi) is 3.62. The second kappa shape index (κ2) is 5.31. The highest BCUT2D eigenvalue weighted by Gasteiger charge is 2.42. The minimum atomic E-state index is -4.20. The van der Waals surface area contributed by atoms with Gasteiger partial charge < -0.3 is 9.88 Å². The molecule has 1 amide bonds. The van der Waals surface area contributed by atoms with Crippen molar-refractivity contribution in [3.8, 4) is 0 Å². The van der Waals surface area contributed by atoms with E-state index < -0.39 is 12.1 Å².